The second-order valence-electron chi connectivity index (χ2n) is 8.02. The summed E-state index contributed by atoms with van der Waals surface area (Å²) in [6.07, 6.45) is 0.697. The molecule has 0 bridgehead atoms. The molecular formula is C25H24ClNO5. The number of benzene rings is 2. The zero-order valence-corrected chi connectivity index (χ0v) is 18.8. The van der Waals surface area contributed by atoms with E-state index in [4.69, 9.17) is 20.8 Å². The lowest BCUT2D eigenvalue weighted by Gasteiger charge is -2.26. The Hall–Kier alpha value is -3.25. The molecule has 1 atom stereocenters. The number of ketones is 1. The number of fused-ring (bicyclic) bond motifs is 1. The Balaban J connectivity index is 1.76. The highest BCUT2D eigenvalue weighted by atomic mass is 35.5. The molecule has 1 N–H and O–H groups in total. The van der Waals surface area contributed by atoms with Crippen LogP contribution in [0.25, 0.3) is 11.0 Å². The maximum atomic E-state index is 13.5. The molecule has 2 aromatic carbocycles. The van der Waals surface area contributed by atoms with Gasteiger partial charge in [-0.25, -0.2) is 0 Å². The average molecular weight is 454 g/mol. The monoisotopic (exact) mass is 453 g/mol. The number of aliphatic hydroxyl groups is 1. The molecule has 32 heavy (non-hydrogen) atoms. The van der Waals surface area contributed by atoms with Gasteiger partial charge in [0.25, 0.3) is 5.91 Å². The summed E-state index contributed by atoms with van der Waals surface area (Å²) in [5, 5.41) is 11.9. The third-order valence-corrected chi connectivity index (χ3v) is 5.52. The van der Waals surface area contributed by atoms with E-state index in [1.807, 2.05) is 32.9 Å². The van der Waals surface area contributed by atoms with Crippen molar-refractivity contribution in [3.63, 3.8) is 0 Å². The van der Waals surface area contributed by atoms with Gasteiger partial charge in [-0.2, -0.15) is 0 Å². The summed E-state index contributed by atoms with van der Waals surface area (Å²) in [5.41, 5.74) is 1.21. The van der Waals surface area contributed by atoms with E-state index in [1.54, 1.807) is 36.4 Å². The Labute approximate surface area is 191 Å². The summed E-state index contributed by atoms with van der Waals surface area (Å²) in [5.74, 6) is -0.921. The summed E-state index contributed by atoms with van der Waals surface area (Å²) in [4.78, 5) is 27.8. The Bertz CT molecular complexity index is 1210. The van der Waals surface area contributed by atoms with Crippen molar-refractivity contribution in [2.24, 2.45) is 0 Å². The SMILES string of the molecule is CCCN1C(=O)C(O)=C(C(=O)c2cc3cc(Cl)ccc3o2)C1c1ccc(OC(C)C)cc1. The molecule has 0 radical (unpaired) electrons. The van der Waals surface area contributed by atoms with E-state index in [1.165, 1.54) is 4.90 Å². The van der Waals surface area contributed by atoms with E-state index in [-0.39, 0.29) is 17.4 Å². The maximum Gasteiger partial charge on any atom is 0.290 e. The number of nitrogens with zero attached hydrogens (tertiary/aromatic N) is 1. The number of halogens is 1. The fourth-order valence-electron chi connectivity index (χ4n) is 3.96. The fraction of sp³-hybridized carbons (Fsp3) is 0.280. The molecule has 0 fully saturated rings. The van der Waals surface area contributed by atoms with Gasteiger partial charge in [0.2, 0.25) is 5.78 Å². The molecule has 1 aliphatic rings. The first-order valence-corrected chi connectivity index (χ1v) is 10.9. The van der Waals surface area contributed by atoms with Crippen molar-refractivity contribution in [2.75, 3.05) is 6.54 Å². The number of ether oxygens (including phenoxy) is 1. The minimum Gasteiger partial charge on any atom is -0.503 e. The Morgan fingerprint density at radius 3 is 2.56 bits per heavy atom. The van der Waals surface area contributed by atoms with Gasteiger partial charge in [0.1, 0.15) is 11.3 Å². The standard InChI is InChI=1S/C25H24ClNO5/c1-4-11-27-22(15-5-8-18(9-6-15)31-14(2)3)21(24(29)25(27)30)23(28)20-13-16-12-17(26)7-10-19(16)32-20/h5-10,12-14,22,29H,4,11H2,1-3H3. The molecule has 1 amide bonds. The van der Waals surface area contributed by atoms with Crippen LogP contribution < -0.4 is 4.74 Å². The fourth-order valence-corrected chi connectivity index (χ4v) is 4.14. The van der Waals surface area contributed by atoms with Crippen LogP contribution in [0.15, 0.2) is 64.3 Å². The number of carbonyl (C=O) groups excluding carboxylic acids is 2. The first kappa shape index (κ1) is 22.0. The molecule has 1 aliphatic heterocycles. The number of aliphatic hydroxyl groups excluding tert-OH is 1. The van der Waals surface area contributed by atoms with Gasteiger partial charge in [0, 0.05) is 17.0 Å². The molecule has 3 aromatic rings. The van der Waals surface area contributed by atoms with Crippen LogP contribution in [0.4, 0.5) is 0 Å². The van der Waals surface area contributed by atoms with Crippen LogP contribution in [0.3, 0.4) is 0 Å². The molecule has 2 heterocycles. The molecule has 0 saturated carbocycles. The Morgan fingerprint density at radius 2 is 1.91 bits per heavy atom. The third-order valence-electron chi connectivity index (χ3n) is 5.28. The molecule has 166 valence electrons. The first-order chi connectivity index (χ1) is 15.3. The second kappa shape index (κ2) is 8.71. The maximum absolute atomic E-state index is 13.5. The lowest BCUT2D eigenvalue weighted by Crippen LogP contribution is -2.31. The van der Waals surface area contributed by atoms with E-state index >= 15 is 0 Å². The van der Waals surface area contributed by atoms with Gasteiger partial charge >= 0.3 is 0 Å². The first-order valence-electron chi connectivity index (χ1n) is 10.5. The highest BCUT2D eigenvalue weighted by Crippen LogP contribution is 2.40. The largest absolute Gasteiger partial charge is 0.503 e. The van der Waals surface area contributed by atoms with Crippen molar-refractivity contribution in [2.45, 2.75) is 39.3 Å². The number of carbonyl (C=O) groups is 2. The molecular weight excluding hydrogens is 430 g/mol. The highest BCUT2D eigenvalue weighted by Gasteiger charge is 2.44. The molecule has 0 aliphatic carbocycles. The molecule has 6 nitrogen and oxygen atoms in total. The summed E-state index contributed by atoms with van der Waals surface area (Å²) in [6, 6.07) is 13.1. The van der Waals surface area contributed by atoms with Crippen molar-refractivity contribution in [3.05, 3.63) is 76.2 Å². The van der Waals surface area contributed by atoms with Crippen molar-refractivity contribution in [1.29, 1.82) is 0 Å². The summed E-state index contributed by atoms with van der Waals surface area (Å²) < 4.78 is 11.4. The minimum absolute atomic E-state index is 0.00568. The lowest BCUT2D eigenvalue weighted by atomic mass is 9.95. The Kier molecular flexibility index (Phi) is 5.98. The van der Waals surface area contributed by atoms with Gasteiger partial charge in [-0.1, -0.05) is 30.7 Å². The van der Waals surface area contributed by atoms with E-state index in [0.29, 0.717) is 40.3 Å². The quantitative estimate of drug-likeness (QED) is 0.453. The predicted octanol–water partition coefficient (Wildman–Crippen LogP) is 5.86. The predicted molar refractivity (Wildman–Crippen MR) is 122 cm³/mol. The number of rotatable bonds is 7. The summed E-state index contributed by atoms with van der Waals surface area (Å²) in [7, 11) is 0. The Morgan fingerprint density at radius 1 is 1.19 bits per heavy atom. The average Bonchev–Trinajstić information content (AvgIpc) is 3.28. The van der Waals surface area contributed by atoms with Gasteiger partial charge in [-0.05, 0) is 62.2 Å². The number of amides is 1. The smallest absolute Gasteiger partial charge is 0.290 e. The summed E-state index contributed by atoms with van der Waals surface area (Å²) >= 11 is 6.04. The van der Waals surface area contributed by atoms with Gasteiger partial charge in [0.05, 0.1) is 17.7 Å². The van der Waals surface area contributed by atoms with Crippen LogP contribution in [0.2, 0.25) is 5.02 Å². The van der Waals surface area contributed by atoms with E-state index in [9.17, 15) is 14.7 Å². The van der Waals surface area contributed by atoms with Crippen LogP contribution in [-0.2, 0) is 4.79 Å². The molecule has 7 heteroatoms. The van der Waals surface area contributed by atoms with Crippen molar-refractivity contribution < 1.29 is 23.8 Å². The number of hydrogen-bond acceptors (Lipinski definition) is 5. The highest BCUT2D eigenvalue weighted by molar-refractivity contribution is 6.31. The van der Waals surface area contributed by atoms with Gasteiger partial charge < -0.3 is 19.2 Å². The third kappa shape index (κ3) is 3.98. The lowest BCUT2D eigenvalue weighted by molar-refractivity contribution is -0.129. The topological polar surface area (TPSA) is 80.0 Å². The number of hydrogen-bond donors (Lipinski definition) is 1. The number of furan rings is 1. The van der Waals surface area contributed by atoms with Crippen LogP contribution in [-0.4, -0.2) is 34.3 Å². The van der Waals surface area contributed by atoms with Crippen LogP contribution in [0, 0.1) is 0 Å². The van der Waals surface area contributed by atoms with Gasteiger partial charge in [-0.15, -0.1) is 0 Å². The van der Waals surface area contributed by atoms with Crippen LogP contribution in [0.5, 0.6) is 5.75 Å². The second-order valence-corrected chi connectivity index (χ2v) is 8.46. The van der Waals surface area contributed by atoms with E-state index in [0.717, 1.165) is 0 Å². The zero-order chi connectivity index (χ0) is 23.0. The minimum atomic E-state index is -0.722. The molecule has 1 aromatic heterocycles. The van der Waals surface area contributed by atoms with Crippen molar-refractivity contribution >= 4 is 34.3 Å². The normalized spacial score (nSPS) is 16.5. The number of Topliss-reactive ketones (excluding diaryl/α,β-unsaturated/α-hetero) is 1. The van der Waals surface area contributed by atoms with Gasteiger partial charge in [0.15, 0.2) is 11.5 Å². The zero-order valence-electron chi connectivity index (χ0n) is 18.1. The van der Waals surface area contributed by atoms with E-state index < -0.39 is 23.5 Å². The molecule has 1 unspecified atom stereocenters. The molecule has 0 saturated heterocycles. The summed E-state index contributed by atoms with van der Waals surface area (Å²) in [6.45, 7) is 6.20. The van der Waals surface area contributed by atoms with Crippen molar-refractivity contribution in [3.8, 4) is 5.75 Å². The molecule has 0 spiro atoms. The van der Waals surface area contributed by atoms with Crippen molar-refractivity contribution in [1.82, 2.24) is 4.90 Å². The molecule has 4 rings (SSSR count). The van der Waals surface area contributed by atoms with E-state index in [2.05, 4.69) is 0 Å². The van der Waals surface area contributed by atoms with Gasteiger partial charge in [-0.3, -0.25) is 9.59 Å². The van der Waals surface area contributed by atoms with Crippen LogP contribution >= 0.6 is 11.6 Å². The van der Waals surface area contributed by atoms with Crippen LogP contribution in [0.1, 0.15) is 49.4 Å².